The van der Waals surface area contributed by atoms with Crippen LogP contribution < -0.4 is 5.32 Å². The molecule has 0 unspecified atom stereocenters. The largest absolute Gasteiger partial charge is 0.321 e. The Labute approximate surface area is 213 Å². The Bertz CT molecular complexity index is 1490. The van der Waals surface area contributed by atoms with Crippen molar-refractivity contribution in [2.75, 3.05) is 5.32 Å². The van der Waals surface area contributed by atoms with Crippen LogP contribution in [0.15, 0.2) is 103 Å². The summed E-state index contributed by atoms with van der Waals surface area (Å²) >= 11 is 12.1. The molecular formula is C29H21Cl2N3O. The molecule has 0 spiro atoms. The van der Waals surface area contributed by atoms with E-state index in [-0.39, 0.29) is 5.91 Å². The SMILES string of the molecule is Cc1ccc(-n2nc(C(=O)Nc3ccc(Cl)c(Cl)c3)cc2-c2ccc(-c3ccccc3)cc2)cc1. The number of carbonyl (C=O) groups excluding carboxylic acids is 1. The van der Waals surface area contributed by atoms with Crippen molar-refractivity contribution in [3.63, 3.8) is 0 Å². The van der Waals surface area contributed by atoms with Gasteiger partial charge in [-0.2, -0.15) is 5.10 Å². The molecule has 172 valence electrons. The third-order valence-corrected chi connectivity index (χ3v) is 6.42. The van der Waals surface area contributed by atoms with Gasteiger partial charge in [0.25, 0.3) is 5.91 Å². The molecule has 0 saturated carbocycles. The predicted molar refractivity (Wildman–Crippen MR) is 144 cm³/mol. The topological polar surface area (TPSA) is 46.9 Å². The van der Waals surface area contributed by atoms with E-state index in [1.54, 1.807) is 28.9 Å². The molecule has 5 rings (SSSR count). The Balaban J connectivity index is 1.52. The second-order valence-corrected chi connectivity index (χ2v) is 9.00. The second-order valence-electron chi connectivity index (χ2n) is 8.19. The number of aromatic nitrogens is 2. The lowest BCUT2D eigenvalue weighted by molar-refractivity contribution is 0.102. The van der Waals surface area contributed by atoms with E-state index in [4.69, 9.17) is 23.2 Å². The smallest absolute Gasteiger partial charge is 0.276 e. The molecule has 0 fully saturated rings. The molecule has 0 aliphatic rings. The van der Waals surface area contributed by atoms with Crippen molar-refractivity contribution in [2.45, 2.75) is 6.92 Å². The average Bonchev–Trinajstić information content (AvgIpc) is 3.33. The highest BCUT2D eigenvalue weighted by Gasteiger charge is 2.17. The number of carbonyl (C=O) groups is 1. The fourth-order valence-electron chi connectivity index (χ4n) is 3.81. The zero-order valence-corrected chi connectivity index (χ0v) is 20.4. The fraction of sp³-hybridized carbons (Fsp3) is 0.0345. The van der Waals surface area contributed by atoms with Crippen LogP contribution in [0, 0.1) is 6.92 Å². The van der Waals surface area contributed by atoms with Gasteiger partial charge in [0.05, 0.1) is 21.4 Å². The summed E-state index contributed by atoms with van der Waals surface area (Å²) in [5.74, 6) is -0.337. The van der Waals surface area contributed by atoms with Crippen LogP contribution in [0.2, 0.25) is 10.0 Å². The highest BCUT2D eigenvalue weighted by molar-refractivity contribution is 6.42. The van der Waals surface area contributed by atoms with Crippen LogP contribution in [0.5, 0.6) is 0 Å². The molecule has 0 aliphatic heterocycles. The molecule has 1 amide bonds. The molecule has 5 aromatic rings. The summed E-state index contributed by atoms with van der Waals surface area (Å²) in [6, 6.07) is 33.2. The van der Waals surface area contributed by atoms with Gasteiger partial charge < -0.3 is 5.32 Å². The molecule has 1 N–H and O–H groups in total. The fourth-order valence-corrected chi connectivity index (χ4v) is 4.11. The first-order valence-electron chi connectivity index (χ1n) is 11.1. The number of rotatable bonds is 5. The molecule has 0 saturated heterocycles. The maximum atomic E-state index is 13.1. The molecule has 4 nitrogen and oxygen atoms in total. The molecule has 4 aromatic carbocycles. The molecule has 0 radical (unpaired) electrons. The quantitative estimate of drug-likeness (QED) is 0.266. The minimum absolute atomic E-state index is 0.291. The van der Waals surface area contributed by atoms with E-state index in [9.17, 15) is 4.79 Å². The Morgan fingerprint density at radius 1 is 0.743 bits per heavy atom. The number of anilines is 1. The van der Waals surface area contributed by atoms with Crippen LogP contribution in [0.25, 0.3) is 28.1 Å². The van der Waals surface area contributed by atoms with Crippen LogP contribution in [0.4, 0.5) is 5.69 Å². The number of aryl methyl sites for hydroxylation is 1. The van der Waals surface area contributed by atoms with Gasteiger partial charge in [0.1, 0.15) is 0 Å². The zero-order valence-electron chi connectivity index (χ0n) is 18.9. The summed E-state index contributed by atoms with van der Waals surface area (Å²) in [4.78, 5) is 13.1. The van der Waals surface area contributed by atoms with Crippen LogP contribution in [0.1, 0.15) is 16.1 Å². The normalized spacial score (nSPS) is 10.8. The van der Waals surface area contributed by atoms with E-state index in [1.165, 1.54) is 0 Å². The number of hydrogen-bond donors (Lipinski definition) is 1. The van der Waals surface area contributed by atoms with Crippen molar-refractivity contribution in [2.24, 2.45) is 0 Å². The van der Waals surface area contributed by atoms with Crippen LogP contribution in [0.3, 0.4) is 0 Å². The van der Waals surface area contributed by atoms with E-state index >= 15 is 0 Å². The van der Waals surface area contributed by atoms with Gasteiger partial charge in [-0.15, -0.1) is 0 Å². The molecule has 0 bridgehead atoms. The van der Waals surface area contributed by atoms with Crippen molar-refractivity contribution < 1.29 is 4.79 Å². The van der Waals surface area contributed by atoms with Crippen molar-refractivity contribution in [3.8, 4) is 28.1 Å². The van der Waals surface area contributed by atoms with Crippen LogP contribution in [-0.2, 0) is 0 Å². The highest BCUT2D eigenvalue weighted by atomic mass is 35.5. The summed E-state index contributed by atoms with van der Waals surface area (Å²) < 4.78 is 1.79. The molecule has 35 heavy (non-hydrogen) atoms. The third kappa shape index (κ3) is 4.99. The summed E-state index contributed by atoms with van der Waals surface area (Å²) in [5.41, 5.74) is 6.88. The Morgan fingerprint density at radius 3 is 2.09 bits per heavy atom. The molecule has 1 heterocycles. The maximum Gasteiger partial charge on any atom is 0.276 e. The van der Waals surface area contributed by atoms with Crippen molar-refractivity contribution in [1.82, 2.24) is 9.78 Å². The standard InChI is InChI=1S/C29H21Cl2N3O/c1-19-7-14-24(15-8-19)34-28(22-11-9-21(10-12-22)20-5-3-2-4-6-20)18-27(33-34)29(35)32-23-13-16-25(30)26(31)17-23/h2-18H,1H3,(H,32,35). The van der Waals surface area contributed by atoms with Gasteiger partial charge in [-0.3, -0.25) is 4.79 Å². The Kier molecular flexibility index (Phi) is 6.41. The first-order chi connectivity index (χ1) is 17.0. The van der Waals surface area contributed by atoms with Crippen molar-refractivity contribution >= 4 is 34.8 Å². The predicted octanol–water partition coefficient (Wildman–Crippen LogP) is 8.07. The molecule has 1 aromatic heterocycles. The van der Waals surface area contributed by atoms with Gasteiger partial charge in [-0.05, 0) is 54.4 Å². The minimum Gasteiger partial charge on any atom is -0.321 e. The Morgan fingerprint density at radius 2 is 1.40 bits per heavy atom. The maximum absolute atomic E-state index is 13.1. The molecule has 0 atom stereocenters. The van der Waals surface area contributed by atoms with Crippen molar-refractivity contribution in [1.29, 1.82) is 0 Å². The third-order valence-electron chi connectivity index (χ3n) is 5.69. The number of hydrogen-bond acceptors (Lipinski definition) is 2. The number of benzene rings is 4. The van der Waals surface area contributed by atoms with Crippen LogP contribution >= 0.6 is 23.2 Å². The zero-order chi connectivity index (χ0) is 24.4. The minimum atomic E-state index is -0.337. The van der Waals surface area contributed by atoms with Gasteiger partial charge in [0, 0.05) is 11.3 Å². The number of halogens is 2. The van der Waals surface area contributed by atoms with Crippen molar-refractivity contribution in [3.05, 3.63) is 124 Å². The summed E-state index contributed by atoms with van der Waals surface area (Å²) in [7, 11) is 0. The first kappa shape index (κ1) is 22.9. The van der Waals surface area contributed by atoms with Gasteiger partial charge in [-0.1, -0.05) is 95.5 Å². The van der Waals surface area contributed by atoms with Crippen LogP contribution in [-0.4, -0.2) is 15.7 Å². The molecular weight excluding hydrogens is 477 g/mol. The summed E-state index contributed by atoms with van der Waals surface area (Å²) in [6.45, 7) is 2.03. The monoisotopic (exact) mass is 497 g/mol. The van der Waals surface area contributed by atoms with E-state index < -0.39 is 0 Å². The van der Waals surface area contributed by atoms with Gasteiger partial charge in [0.2, 0.25) is 0 Å². The summed E-state index contributed by atoms with van der Waals surface area (Å²) in [5, 5.41) is 8.30. The number of amides is 1. The molecule has 6 heteroatoms. The second kappa shape index (κ2) is 9.79. The average molecular weight is 498 g/mol. The van der Waals surface area contributed by atoms with Gasteiger partial charge >= 0.3 is 0 Å². The van der Waals surface area contributed by atoms with Gasteiger partial charge in [0.15, 0.2) is 5.69 Å². The Hall–Kier alpha value is -3.86. The lowest BCUT2D eigenvalue weighted by Crippen LogP contribution is -2.13. The highest BCUT2D eigenvalue weighted by Crippen LogP contribution is 2.29. The molecule has 0 aliphatic carbocycles. The first-order valence-corrected chi connectivity index (χ1v) is 11.8. The van der Waals surface area contributed by atoms with Gasteiger partial charge in [-0.25, -0.2) is 4.68 Å². The van der Waals surface area contributed by atoms with E-state index in [0.29, 0.717) is 21.4 Å². The lowest BCUT2D eigenvalue weighted by Gasteiger charge is -2.09. The number of nitrogens with zero attached hydrogens (tertiary/aromatic N) is 2. The van der Waals surface area contributed by atoms with E-state index in [2.05, 4.69) is 34.7 Å². The summed E-state index contributed by atoms with van der Waals surface area (Å²) in [6.07, 6.45) is 0. The van der Waals surface area contributed by atoms with E-state index in [1.807, 2.05) is 61.5 Å². The number of nitrogens with one attached hydrogen (secondary N) is 1. The lowest BCUT2D eigenvalue weighted by atomic mass is 10.0. The van der Waals surface area contributed by atoms with E-state index in [0.717, 1.165) is 33.6 Å².